The predicted molar refractivity (Wildman–Crippen MR) is 82.0 cm³/mol. The Labute approximate surface area is 138 Å². The molecule has 1 aliphatic heterocycles. The van der Waals surface area contributed by atoms with Crippen LogP contribution in [0.25, 0.3) is 0 Å². The zero-order valence-electron chi connectivity index (χ0n) is 12.3. The molecule has 0 aliphatic carbocycles. The normalized spacial score (nSPS) is 14.1. The summed E-state index contributed by atoms with van der Waals surface area (Å²) in [6.07, 6.45) is -3.72. The number of nitrogens with zero attached hydrogens (tertiary/aromatic N) is 2. The number of halogens is 3. The topological polar surface area (TPSA) is 76.0 Å². The third-order valence-corrected chi connectivity index (χ3v) is 4.29. The largest absolute Gasteiger partial charge is 0.435 e. The van der Waals surface area contributed by atoms with Crippen molar-refractivity contribution in [1.29, 1.82) is 0 Å². The van der Waals surface area contributed by atoms with Gasteiger partial charge in [0.2, 0.25) is 5.91 Å². The van der Waals surface area contributed by atoms with Crippen LogP contribution in [0.4, 0.5) is 24.5 Å². The van der Waals surface area contributed by atoms with Gasteiger partial charge in [0.25, 0.3) is 5.91 Å². The minimum Gasteiger partial charge on any atom is -0.324 e. The Morgan fingerprint density at radius 2 is 2.17 bits per heavy atom. The van der Waals surface area contributed by atoms with E-state index in [9.17, 15) is 22.8 Å². The van der Waals surface area contributed by atoms with E-state index in [1.165, 1.54) is 24.9 Å². The summed E-state index contributed by atoms with van der Waals surface area (Å²) in [5.74, 6) is -0.809. The summed E-state index contributed by atoms with van der Waals surface area (Å²) in [6, 6.07) is 4.74. The van der Waals surface area contributed by atoms with E-state index in [-0.39, 0.29) is 11.6 Å². The summed E-state index contributed by atoms with van der Waals surface area (Å²) in [4.78, 5) is 24.4. The van der Waals surface area contributed by atoms with Gasteiger partial charge in [-0.1, -0.05) is 0 Å². The van der Waals surface area contributed by atoms with Crippen LogP contribution in [-0.2, 0) is 18.0 Å². The zero-order chi connectivity index (χ0) is 17.5. The van der Waals surface area contributed by atoms with E-state index in [4.69, 9.17) is 0 Å². The minimum absolute atomic E-state index is 0.178. The van der Waals surface area contributed by atoms with Crippen LogP contribution in [0, 0.1) is 0 Å². The van der Waals surface area contributed by atoms with Crippen molar-refractivity contribution >= 4 is 35.0 Å². The molecule has 10 heteroatoms. The predicted octanol–water partition coefficient (Wildman–Crippen LogP) is 2.74. The number of amides is 2. The number of hydrogen-bond donors (Lipinski definition) is 2. The lowest BCUT2D eigenvalue weighted by Crippen LogP contribution is -2.20. The molecule has 0 radical (unpaired) electrons. The van der Waals surface area contributed by atoms with Crippen LogP contribution < -0.4 is 10.6 Å². The number of thioether (sulfide) groups is 1. The van der Waals surface area contributed by atoms with Crippen molar-refractivity contribution in [3.63, 3.8) is 0 Å². The molecular weight excluding hydrogens is 345 g/mol. The molecule has 3 rings (SSSR count). The molecule has 2 aromatic rings. The molecule has 0 unspecified atom stereocenters. The van der Waals surface area contributed by atoms with Crippen molar-refractivity contribution < 1.29 is 22.8 Å². The van der Waals surface area contributed by atoms with Crippen molar-refractivity contribution in [2.75, 3.05) is 16.4 Å². The summed E-state index contributed by atoms with van der Waals surface area (Å²) >= 11 is 1.34. The summed E-state index contributed by atoms with van der Waals surface area (Å²) in [5, 5.41) is 8.34. The van der Waals surface area contributed by atoms with E-state index in [0.717, 1.165) is 15.8 Å². The van der Waals surface area contributed by atoms with Crippen LogP contribution in [0.5, 0.6) is 0 Å². The number of carbonyl (C=O) groups excluding carboxylic acids is 2. The molecule has 1 aliphatic rings. The summed E-state index contributed by atoms with van der Waals surface area (Å²) in [6.45, 7) is 0. The third-order valence-electron chi connectivity index (χ3n) is 3.21. The second-order valence-corrected chi connectivity index (χ2v) is 6.08. The van der Waals surface area contributed by atoms with Gasteiger partial charge in [0.15, 0.2) is 5.69 Å². The molecule has 6 nitrogen and oxygen atoms in total. The first-order chi connectivity index (χ1) is 11.2. The molecular formula is C14H11F3N4O2S. The molecule has 0 fully saturated rings. The van der Waals surface area contributed by atoms with E-state index < -0.39 is 23.3 Å². The van der Waals surface area contributed by atoms with E-state index in [0.29, 0.717) is 11.4 Å². The monoisotopic (exact) mass is 356 g/mol. The number of fused-ring (bicyclic) bond motifs is 1. The average molecular weight is 356 g/mol. The highest BCUT2D eigenvalue weighted by molar-refractivity contribution is 8.00. The standard InChI is InChI=1S/C14H11F3N4O2S/c1-21-5-8(12(20-21)14(15,16)17)13(23)18-7-2-3-10-9(4-7)19-11(22)6-24-10/h2-5H,6H2,1H3,(H,18,23)(H,19,22). The maximum Gasteiger partial charge on any atom is 0.435 e. The van der Waals surface area contributed by atoms with Gasteiger partial charge in [0, 0.05) is 23.8 Å². The average Bonchev–Trinajstić information content (AvgIpc) is 2.89. The first-order valence-electron chi connectivity index (χ1n) is 6.73. The van der Waals surface area contributed by atoms with E-state index in [1.54, 1.807) is 12.1 Å². The SMILES string of the molecule is Cn1cc(C(=O)Nc2ccc3c(c2)NC(=O)CS3)c(C(F)(F)F)n1. The van der Waals surface area contributed by atoms with Gasteiger partial charge in [0.05, 0.1) is 17.0 Å². The highest BCUT2D eigenvalue weighted by atomic mass is 32.2. The van der Waals surface area contributed by atoms with E-state index >= 15 is 0 Å². The van der Waals surface area contributed by atoms with Gasteiger partial charge in [-0.05, 0) is 18.2 Å². The number of benzene rings is 1. The second-order valence-electron chi connectivity index (χ2n) is 5.06. The summed E-state index contributed by atoms with van der Waals surface area (Å²) < 4.78 is 39.7. The Bertz CT molecular complexity index is 832. The molecule has 1 aromatic carbocycles. The van der Waals surface area contributed by atoms with Gasteiger partial charge in [-0.2, -0.15) is 18.3 Å². The van der Waals surface area contributed by atoms with Crippen molar-refractivity contribution in [3.8, 4) is 0 Å². The van der Waals surface area contributed by atoms with Gasteiger partial charge in [-0.25, -0.2) is 0 Å². The lowest BCUT2D eigenvalue weighted by molar-refractivity contribution is -0.141. The van der Waals surface area contributed by atoms with Crippen molar-refractivity contribution in [1.82, 2.24) is 9.78 Å². The van der Waals surface area contributed by atoms with Crippen molar-refractivity contribution in [2.45, 2.75) is 11.1 Å². The first-order valence-corrected chi connectivity index (χ1v) is 7.71. The molecule has 2 amide bonds. The summed E-state index contributed by atoms with van der Waals surface area (Å²) in [7, 11) is 1.30. The van der Waals surface area contributed by atoms with Gasteiger partial charge >= 0.3 is 6.18 Å². The number of rotatable bonds is 2. The Morgan fingerprint density at radius 3 is 2.88 bits per heavy atom. The fraction of sp³-hybridized carbons (Fsp3) is 0.214. The van der Waals surface area contributed by atoms with Gasteiger partial charge < -0.3 is 10.6 Å². The lowest BCUT2D eigenvalue weighted by atomic mass is 10.2. The quantitative estimate of drug-likeness (QED) is 0.868. The lowest BCUT2D eigenvalue weighted by Gasteiger charge is -2.17. The fourth-order valence-electron chi connectivity index (χ4n) is 2.22. The second kappa shape index (κ2) is 5.86. The number of anilines is 2. The number of alkyl halides is 3. The van der Waals surface area contributed by atoms with Gasteiger partial charge in [-0.3, -0.25) is 14.3 Å². The highest BCUT2D eigenvalue weighted by Crippen LogP contribution is 2.34. The van der Waals surface area contributed by atoms with E-state index in [1.807, 2.05) is 0 Å². The molecule has 0 bridgehead atoms. The Hall–Kier alpha value is -2.49. The molecule has 0 saturated carbocycles. The molecule has 2 heterocycles. The maximum absolute atomic E-state index is 12.9. The Morgan fingerprint density at radius 1 is 1.42 bits per heavy atom. The fourth-order valence-corrected chi connectivity index (χ4v) is 3.01. The van der Waals surface area contributed by atoms with Crippen LogP contribution in [0.2, 0.25) is 0 Å². The van der Waals surface area contributed by atoms with E-state index in [2.05, 4.69) is 15.7 Å². The van der Waals surface area contributed by atoms with Crippen LogP contribution in [0.3, 0.4) is 0 Å². The molecule has 2 N–H and O–H groups in total. The van der Waals surface area contributed by atoms with Crippen LogP contribution >= 0.6 is 11.8 Å². The Balaban J connectivity index is 1.86. The molecule has 24 heavy (non-hydrogen) atoms. The maximum atomic E-state index is 12.9. The molecule has 126 valence electrons. The summed E-state index contributed by atoms with van der Waals surface area (Å²) in [5.41, 5.74) is -1.03. The smallest absolute Gasteiger partial charge is 0.324 e. The number of aryl methyl sites for hydroxylation is 1. The molecule has 0 spiro atoms. The van der Waals surface area contributed by atoms with Gasteiger partial charge in [0.1, 0.15) is 0 Å². The van der Waals surface area contributed by atoms with Crippen LogP contribution in [0.1, 0.15) is 16.1 Å². The highest BCUT2D eigenvalue weighted by Gasteiger charge is 2.39. The molecule has 1 aromatic heterocycles. The van der Waals surface area contributed by atoms with Gasteiger partial charge in [-0.15, -0.1) is 11.8 Å². The third kappa shape index (κ3) is 3.23. The first kappa shape index (κ1) is 16.4. The number of aromatic nitrogens is 2. The number of nitrogens with one attached hydrogen (secondary N) is 2. The van der Waals surface area contributed by atoms with Crippen LogP contribution in [0.15, 0.2) is 29.3 Å². The van der Waals surface area contributed by atoms with Crippen molar-refractivity contribution in [3.05, 3.63) is 35.7 Å². The zero-order valence-corrected chi connectivity index (χ0v) is 13.1. The molecule has 0 saturated heterocycles. The van der Waals surface area contributed by atoms with Crippen molar-refractivity contribution in [2.24, 2.45) is 7.05 Å². The minimum atomic E-state index is -4.73. The number of hydrogen-bond acceptors (Lipinski definition) is 4. The molecule has 0 atom stereocenters. The Kier molecular flexibility index (Phi) is 3.99. The number of carbonyl (C=O) groups is 2. The van der Waals surface area contributed by atoms with Crippen LogP contribution in [-0.4, -0.2) is 27.3 Å².